The van der Waals surface area contributed by atoms with Crippen LogP contribution in [0.4, 0.5) is 0 Å². The van der Waals surface area contributed by atoms with E-state index in [1.165, 1.54) is 0 Å². The summed E-state index contributed by atoms with van der Waals surface area (Å²) in [5.41, 5.74) is -16.0. The molecular weight excluding hydrogens is 761 g/mol. The Morgan fingerprint density at radius 2 is 0.762 bits per heavy atom. The van der Waals surface area contributed by atoms with Crippen LogP contribution >= 0.6 is 0 Å². The highest BCUT2D eigenvalue weighted by molar-refractivity contribution is 6.15. The Morgan fingerprint density at radius 3 is 1.46 bits per heavy atom. The van der Waals surface area contributed by atoms with Gasteiger partial charge in [-0.1, -0.05) is 193 Å². The van der Waals surface area contributed by atoms with E-state index in [4.69, 9.17) is 21.9 Å². The Labute approximate surface area is 421 Å². The minimum atomic E-state index is -2.48. The summed E-state index contributed by atoms with van der Waals surface area (Å²) in [5.74, 6) is -2.48. The van der Waals surface area contributed by atoms with Gasteiger partial charge in [0.05, 0.1) is 86.9 Å². The Bertz CT molecular complexity index is 5930. The van der Waals surface area contributed by atoms with Crippen LogP contribution in [0.25, 0.3) is 99.5 Å². The van der Waals surface area contributed by atoms with Crippen molar-refractivity contribution in [3.63, 3.8) is 0 Å². The average molecular weight is 840 g/mol. The lowest BCUT2D eigenvalue weighted by Gasteiger charge is -2.19. The highest BCUT2D eigenvalue weighted by Crippen LogP contribution is 2.52. The monoisotopic (exact) mass is 840 g/mol. The van der Waals surface area contributed by atoms with Gasteiger partial charge in [-0.05, 0) is 97.9 Å². The van der Waals surface area contributed by atoms with Crippen molar-refractivity contribution in [3.05, 3.63) is 252 Å². The summed E-state index contributed by atoms with van der Waals surface area (Å²) in [5, 5.41) is -2.79. The van der Waals surface area contributed by atoms with Gasteiger partial charge < -0.3 is 9.13 Å². The van der Waals surface area contributed by atoms with Gasteiger partial charge in [-0.2, -0.15) is 0 Å². The van der Waals surface area contributed by atoms with Crippen LogP contribution in [0.3, 0.4) is 0 Å². The van der Waals surface area contributed by atoms with Gasteiger partial charge in [-0.25, -0.2) is 0 Å². The van der Waals surface area contributed by atoms with Crippen LogP contribution in [0.1, 0.15) is 76.1 Å². The molecule has 0 spiro atoms. The number of hydrogen-bond donors (Lipinski definition) is 0. The standard InChI is InChI=1S/C61H40N2/c1-3-18-40(19-4-1)42-22-15-23-43(36-42)45-37-44(41-20-5-2-6-21-41)38-46(39-45)59-50-27-7-8-28-51(50)60-53(59)30-17-34-57(60)63-56-33-14-11-26-49(56)52-29-16-35-58(61(52)63)62-54-31-12-9-24-47(54)48-25-10-13-32-55(48)62/h1-39,59H/i1D,2D,3D,4D,5D,6D,7D,8D,9D,10D,11D,12D,13D,14D,15D,16D,17D,18D,19D,20D,21D,22D,23D,24D,25D,26D,27D,28D,29D,30D,31D,32D,33D,34D,35D,36D,37D,38D,39D. The smallest absolute Gasteiger partial charge is 0.0782 e. The van der Waals surface area contributed by atoms with Crippen molar-refractivity contribution in [1.29, 1.82) is 0 Å². The molecule has 0 radical (unpaired) electrons. The van der Waals surface area contributed by atoms with Gasteiger partial charge in [0, 0.05) is 33.0 Å². The van der Waals surface area contributed by atoms with Crippen molar-refractivity contribution in [3.8, 4) is 55.9 Å². The molecule has 1 aliphatic carbocycles. The summed E-state index contributed by atoms with van der Waals surface area (Å²) in [6.45, 7) is 0. The Morgan fingerprint density at radius 1 is 0.317 bits per heavy atom. The van der Waals surface area contributed by atoms with Crippen molar-refractivity contribution < 1.29 is 53.5 Å². The zero-order valence-corrected chi connectivity index (χ0v) is 31.5. The van der Waals surface area contributed by atoms with Gasteiger partial charge in [-0.3, -0.25) is 0 Å². The molecule has 12 aromatic rings. The minimum Gasteiger partial charge on any atom is -0.307 e. The van der Waals surface area contributed by atoms with Gasteiger partial charge in [0.15, 0.2) is 0 Å². The number of aromatic nitrogens is 2. The van der Waals surface area contributed by atoms with E-state index in [0.717, 1.165) is 0 Å². The van der Waals surface area contributed by atoms with Crippen LogP contribution in [-0.4, -0.2) is 9.13 Å². The van der Waals surface area contributed by atoms with Crippen LogP contribution in [0.5, 0.6) is 0 Å². The maximum atomic E-state index is 10.4. The second-order valence-electron chi connectivity index (χ2n) is 13.8. The van der Waals surface area contributed by atoms with Crippen molar-refractivity contribution in [1.82, 2.24) is 9.13 Å². The molecule has 294 valence electrons. The molecular formula is C61H40N2. The predicted molar refractivity (Wildman–Crippen MR) is 264 cm³/mol. The second-order valence-corrected chi connectivity index (χ2v) is 13.8. The van der Waals surface area contributed by atoms with Crippen molar-refractivity contribution >= 4 is 43.6 Å². The normalized spacial score (nSPS) is 21.9. The number of rotatable bonds is 6. The lowest BCUT2D eigenvalue weighted by Crippen LogP contribution is -2.03. The van der Waals surface area contributed by atoms with E-state index >= 15 is 0 Å². The molecule has 63 heavy (non-hydrogen) atoms. The quantitative estimate of drug-likeness (QED) is 0.158. The van der Waals surface area contributed by atoms with Gasteiger partial charge in [0.2, 0.25) is 0 Å². The molecule has 1 aliphatic rings. The number of benzene rings is 10. The van der Waals surface area contributed by atoms with Gasteiger partial charge in [0.25, 0.3) is 0 Å². The van der Waals surface area contributed by atoms with E-state index < -0.39 is 358 Å². The topological polar surface area (TPSA) is 9.86 Å². The largest absolute Gasteiger partial charge is 0.307 e. The molecule has 0 bridgehead atoms. The zero-order chi connectivity index (χ0) is 75.4. The van der Waals surface area contributed by atoms with Crippen LogP contribution in [-0.2, 0) is 0 Å². The van der Waals surface area contributed by atoms with E-state index in [0.29, 0.717) is 9.13 Å². The molecule has 0 amide bonds. The molecule has 0 saturated carbocycles. The summed E-state index contributed by atoms with van der Waals surface area (Å²) in [6, 6.07) is -42.9. The van der Waals surface area contributed by atoms with E-state index in [9.17, 15) is 31.5 Å². The van der Waals surface area contributed by atoms with Crippen molar-refractivity contribution in [2.75, 3.05) is 0 Å². The molecule has 0 aliphatic heterocycles. The number of fused-ring (bicyclic) bond motifs is 9. The Hall–Kier alpha value is -8.20. The first-order valence-electron chi connectivity index (χ1n) is 38.2. The van der Waals surface area contributed by atoms with Crippen molar-refractivity contribution in [2.45, 2.75) is 5.92 Å². The summed E-state index contributed by atoms with van der Waals surface area (Å²) in [6.07, 6.45) is 0. The maximum Gasteiger partial charge on any atom is 0.0782 e. The molecule has 0 saturated heterocycles. The van der Waals surface area contributed by atoms with Crippen LogP contribution in [0.2, 0.25) is 0 Å². The summed E-state index contributed by atoms with van der Waals surface area (Å²) >= 11 is 0. The molecule has 13 rings (SSSR count). The molecule has 0 N–H and O–H groups in total. The van der Waals surface area contributed by atoms with Gasteiger partial charge in [-0.15, -0.1) is 0 Å². The third-order valence-corrected chi connectivity index (χ3v) is 10.5. The van der Waals surface area contributed by atoms with Crippen LogP contribution in [0, 0.1) is 0 Å². The van der Waals surface area contributed by atoms with Crippen molar-refractivity contribution in [2.24, 2.45) is 0 Å². The summed E-state index contributed by atoms with van der Waals surface area (Å²) < 4.78 is 364. The van der Waals surface area contributed by atoms with Gasteiger partial charge >= 0.3 is 0 Å². The zero-order valence-electron chi connectivity index (χ0n) is 70.5. The third kappa shape index (κ3) is 5.51. The predicted octanol–water partition coefficient (Wildman–Crippen LogP) is 16.0. The number of para-hydroxylation sites is 4. The molecule has 1 unspecified atom stereocenters. The molecule has 2 nitrogen and oxygen atoms in total. The van der Waals surface area contributed by atoms with Crippen LogP contribution < -0.4 is 0 Å². The van der Waals surface area contributed by atoms with Crippen LogP contribution in [0.15, 0.2) is 236 Å². The first-order chi connectivity index (χ1) is 47.5. The summed E-state index contributed by atoms with van der Waals surface area (Å²) in [7, 11) is 0. The average Bonchev–Trinajstić information content (AvgIpc) is 1.50. The molecule has 2 heteroatoms. The Kier molecular flexibility index (Phi) is 3.19. The lowest BCUT2D eigenvalue weighted by molar-refractivity contribution is 1.01. The SMILES string of the molecule is [2H]c1c([2H])c([2H])c(-c2c([2H])c([2H])c([2H])c(-c3c([2H])c(-c4c([2H])c([2H])c([2H])c([2H])c4[2H])c([2H])c(C4c5c([2H])c([2H])c([2H])c([2H])c5-c5c4c([2H])c([2H])c([2H])c5-n4c5c([2H])c([2H])c([2H])c([2H])c5c5c([2H])c([2H])c([2H])c(-n6c7c([2H])c([2H])c([2H])c([2H])c7c7c([2H])c([2H])c([2H])c([2H])c76)c54)c3[2H])c2[2H])c([2H])c1[2H]. The molecule has 10 aromatic carbocycles. The number of hydrogen-bond acceptors (Lipinski definition) is 0. The fraction of sp³-hybridized carbons (Fsp3) is 0.0164. The van der Waals surface area contributed by atoms with E-state index in [2.05, 4.69) is 0 Å². The first kappa shape index (κ1) is 14.2. The Balaban J connectivity index is 1.32. The highest BCUT2D eigenvalue weighted by Gasteiger charge is 2.33. The van der Waals surface area contributed by atoms with E-state index in [1.54, 1.807) is 0 Å². The fourth-order valence-corrected chi connectivity index (χ4v) is 8.03. The summed E-state index contributed by atoms with van der Waals surface area (Å²) in [4.78, 5) is 0. The molecule has 0 fully saturated rings. The highest BCUT2D eigenvalue weighted by atomic mass is 15.1. The van der Waals surface area contributed by atoms with E-state index in [-0.39, 0.29) is 0 Å². The second kappa shape index (κ2) is 14.2. The molecule has 2 aromatic heterocycles. The lowest BCUT2D eigenvalue weighted by atomic mass is 9.85. The molecule has 2 heterocycles. The maximum absolute atomic E-state index is 10.4. The third-order valence-electron chi connectivity index (χ3n) is 10.5. The fourth-order valence-electron chi connectivity index (χ4n) is 8.03. The number of nitrogens with zero attached hydrogens (tertiary/aromatic N) is 2. The first-order valence-corrected chi connectivity index (χ1v) is 18.7. The van der Waals surface area contributed by atoms with E-state index in [1.807, 2.05) is 0 Å². The van der Waals surface area contributed by atoms with Gasteiger partial charge in [0.1, 0.15) is 0 Å². The minimum absolute atomic E-state index is 0.626. The molecule has 1 atom stereocenters.